The Morgan fingerprint density at radius 2 is 1.93 bits per heavy atom. The van der Waals surface area contributed by atoms with Gasteiger partial charge >= 0.3 is 5.97 Å². The highest BCUT2D eigenvalue weighted by molar-refractivity contribution is 7.92. The van der Waals surface area contributed by atoms with Crippen molar-refractivity contribution in [3.05, 3.63) is 71.6 Å². The van der Waals surface area contributed by atoms with E-state index in [-0.39, 0.29) is 17.1 Å². The van der Waals surface area contributed by atoms with Crippen LogP contribution in [-0.2, 0) is 21.4 Å². The van der Waals surface area contributed by atoms with Gasteiger partial charge in [-0.1, -0.05) is 23.4 Å². The van der Waals surface area contributed by atoms with Crippen LogP contribution in [0.2, 0.25) is 0 Å². The fourth-order valence-electron chi connectivity index (χ4n) is 2.43. The van der Waals surface area contributed by atoms with Crippen molar-refractivity contribution in [3.8, 4) is 5.75 Å². The molecule has 28 heavy (non-hydrogen) atoms. The standard InChI is InChI=1S/C19H18N2O6S/c1-13-10-15(27-20-13)12-26-19(22)14-6-5-7-16(11-14)28(23,24)21-17-8-3-4-9-18(17)25-2/h3-11,21H,12H2,1-2H3. The third kappa shape index (κ3) is 4.49. The fourth-order valence-corrected chi connectivity index (χ4v) is 3.54. The zero-order valence-electron chi connectivity index (χ0n) is 15.2. The highest BCUT2D eigenvalue weighted by Gasteiger charge is 2.19. The molecule has 0 aliphatic rings. The average Bonchev–Trinajstić information content (AvgIpc) is 3.11. The van der Waals surface area contributed by atoms with Crippen molar-refractivity contribution in [2.45, 2.75) is 18.4 Å². The number of carbonyl (C=O) groups is 1. The van der Waals surface area contributed by atoms with Crippen LogP contribution in [0.4, 0.5) is 5.69 Å². The van der Waals surface area contributed by atoms with Crippen molar-refractivity contribution >= 4 is 21.7 Å². The number of sulfonamides is 1. The number of aromatic nitrogens is 1. The summed E-state index contributed by atoms with van der Waals surface area (Å²) in [5.41, 5.74) is 1.05. The largest absolute Gasteiger partial charge is 0.495 e. The number of rotatable bonds is 7. The minimum absolute atomic E-state index is 0.0802. The first kappa shape index (κ1) is 19.4. The lowest BCUT2D eigenvalue weighted by Crippen LogP contribution is -2.14. The third-order valence-electron chi connectivity index (χ3n) is 3.75. The molecule has 0 fully saturated rings. The molecule has 3 aromatic rings. The summed E-state index contributed by atoms with van der Waals surface area (Å²) in [4.78, 5) is 12.2. The minimum Gasteiger partial charge on any atom is -0.495 e. The lowest BCUT2D eigenvalue weighted by Gasteiger charge is -2.12. The molecule has 0 saturated carbocycles. The molecule has 3 rings (SSSR count). The van der Waals surface area contributed by atoms with Gasteiger partial charge in [0.25, 0.3) is 10.0 Å². The molecule has 0 radical (unpaired) electrons. The Morgan fingerprint density at radius 3 is 2.64 bits per heavy atom. The zero-order valence-corrected chi connectivity index (χ0v) is 16.0. The normalized spacial score (nSPS) is 11.1. The first-order chi connectivity index (χ1) is 13.4. The predicted octanol–water partition coefficient (Wildman–Crippen LogP) is 3.15. The molecule has 1 N–H and O–H groups in total. The van der Waals surface area contributed by atoms with E-state index in [9.17, 15) is 13.2 Å². The van der Waals surface area contributed by atoms with Crippen molar-refractivity contribution in [2.75, 3.05) is 11.8 Å². The molecule has 2 aromatic carbocycles. The monoisotopic (exact) mass is 402 g/mol. The summed E-state index contributed by atoms with van der Waals surface area (Å²) in [6, 6.07) is 13.8. The van der Waals surface area contributed by atoms with Gasteiger partial charge in [-0.05, 0) is 37.3 Å². The van der Waals surface area contributed by atoms with Gasteiger partial charge in [-0.15, -0.1) is 0 Å². The van der Waals surface area contributed by atoms with Crippen LogP contribution < -0.4 is 9.46 Å². The molecule has 0 atom stereocenters. The molecule has 146 valence electrons. The highest BCUT2D eigenvalue weighted by atomic mass is 32.2. The Kier molecular flexibility index (Phi) is 5.65. The third-order valence-corrected chi connectivity index (χ3v) is 5.12. The number of methoxy groups -OCH3 is 1. The van der Waals surface area contributed by atoms with E-state index in [0.717, 1.165) is 0 Å². The van der Waals surface area contributed by atoms with Crippen LogP contribution in [0, 0.1) is 6.92 Å². The summed E-state index contributed by atoms with van der Waals surface area (Å²) < 4.78 is 43.1. The molecule has 0 unspecified atom stereocenters. The highest BCUT2D eigenvalue weighted by Crippen LogP contribution is 2.26. The van der Waals surface area contributed by atoms with Gasteiger partial charge in [0.05, 0.1) is 29.0 Å². The number of benzene rings is 2. The summed E-state index contributed by atoms with van der Waals surface area (Å²) in [5.74, 6) is 0.0971. The van der Waals surface area contributed by atoms with E-state index in [1.165, 1.54) is 31.4 Å². The van der Waals surface area contributed by atoms with Gasteiger partial charge in [-0.2, -0.15) is 0 Å². The zero-order chi connectivity index (χ0) is 20.1. The van der Waals surface area contributed by atoms with Gasteiger partial charge in [0.2, 0.25) is 0 Å². The number of nitrogens with one attached hydrogen (secondary N) is 1. The van der Waals surface area contributed by atoms with Crippen LogP contribution in [0.1, 0.15) is 21.8 Å². The van der Waals surface area contributed by atoms with E-state index < -0.39 is 16.0 Å². The van der Waals surface area contributed by atoms with E-state index in [1.807, 2.05) is 0 Å². The van der Waals surface area contributed by atoms with E-state index in [2.05, 4.69) is 9.88 Å². The molecule has 1 aromatic heterocycles. The summed E-state index contributed by atoms with van der Waals surface area (Å²) >= 11 is 0. The second-order valence-electron chi connectivity index (χ2n) is 5.84. The SMILES string of the molecule is COc1ccccc1NS(=O)(=O)c1cccc(C(=O)OCc2cc(C)no2)c1. The smallest absolute Gasteiger partial charge is 0.338 e. The number of carbonyl (C=O) groups excluding carboxylic acids is 1. The van der Waals surface area contributed by atoms with E-state index in [1.54, 1.807) is 37.3 Å². The Labute approximate surface area is 162 Å². The van der Waals surface area contributed by atoms with Crippen molar-refractivity contribution in [1.29, 1.82) is 0 Å². The van der Waals surface area contributed by atoms with Gasteiger partial charge in [0, 0.05) is 6.07 Å². The maximum atomic E-state index is 12.7. The molecule has 9 heteroatoms. The van der Waals surface area contributed by atoms with Gasteiger partial charge in [0.15, 0.2) is 12.4 Å². The van der Waals surface area contributed by atoms with Crippen LogP contribution >= 0.6 is 0 Å². The molecule has 0 saturated heterocycles. The lowest BCUT2D eigenvalue weighted by molar-refractivity contribution is 0.0437. The molecular formula is C19H18N2O6S. The Hall–Kier alpha value is -3.33. The maximum absolute atomic E-state index is 12.7. The molecule has 0 aliphatic heterocycles. The summed E-state index contributed by atoms with van der Waals surface area (Å²) in [6.45, 7) is 1.65. The Balaban J connectivity index is 1.76. The predicted molar refractivity (Wildman–Crippen MR) is 101 cm³/mol. The van der Waals surface area contributed by atoms with Gasteiger partial charge in [0.1, 0.15) is 5.75 Å². The second-order valence-corrected chi connectivity index (χ2v) is 7.53. The van der Waals surface area contributed by atoms with Crippen LogP contribution in [0.3, 0.4) is 0 Å². The number of hydrogen-bond donors (Lipinski definition) is 1. The Bertz CT molecular complexity index is 1090. The summed E-state index contributed by atoms with van der Waals surface area (Å²) in [7, 11) is -2.49. The first-order valence-electron chi connectivity index (χ1n) is 8.24. The van der Waals surface area contributed by atoms with Gasteiger partial charge in [-0.3, -0.25) is 4.72 Å². The van der Waals surface area contributed by atoms with E-state index >= 15 is 0 Å². The van der Waals surface area contributed by atoms with Crippen molar-refractivity contribution in [1.82, 2.24) is 5.16 Å². The first-order valence-corrected chi connectivity index (χ1v) is 9.72. The van der Waals surface area contributed by atoms with Crippen molar-refractivity contribution < 1.29 is 27.2 Å². The molecule has 0 bridgehead atoms. The molecule has 0 amide bonds. The Morgan fingerprint density at radius 1 is 1.14 bits per heavy atom. The van der Waals surface area contributed by atoms with Crippen LogP contribution in [-0.4, -0.2) is 26.7 Å². The molecule has 1 heterocycles. The number of esters is 1. The number of para-hydroxylation sites is 2. The van der Waals surface area contributed by atoms with Crippen LogP contribution in [0.15, 0.2) is 64.0 Å². The lowest BCUT2D eigenvalue weighted by atomic mass is 10.2. The van der Waals surface area contributed by atoms with E-state index in [4.69, 9.17) is 14.0 Å². The quantitative estimate of drug-likeness (QED) is 0.605. The summed E-state index contributed by atoms with van der Waals surface area (Å²) in [5, 5.41) is 3.70. The number of aryl methyl sites for hydroxylation is 1. The summed E-state index contributed by atoms with van der Waals surface area (Å²) in [6.07, 6.45) is 0. The molecule has 0 aliphatic carbocycles. The van der Waals surface area contributed by atoms with Gasteiger partial charge < -0.3 is 14.0 Å². The van der Waals surface area contributed by atoms with Gasteiger partial charge in [-0.25, -0.2) is 13.2 Å². The minimum atomic E-state index is -3.93. The van der Waals surface area contributed by atoms with Crippen molar-refractivity contribution in [2.24, 2.45) is 0 Å². The number of anilines is 1. The van der Waals surface area contributed by atoms with Crippen LogP contribution in [0.25, 0.3) is 0 Å². The number of nitrogens with zero attached hydrogens (tertiary/aromatic N) is 1. The maximum Gasteiger partial charge on any atom is 0.338 e. The molecule has 0 spiro atoms. The second kappa shape index (κ2) is 8.13. The fraction of sp³-hybridized carbons (Fsp3) is 0.158. The van der Waals surface area contributed by atoms with Crippen LogP contribution in [0.5, 0.6) is 5.75 Å². The average molecular weight is 402 g/mol. The van der Waals surface area contributed by atoms with Crippen molar-refractivity contribution in [3.63, 3.8) is 0 Å². The molecular weight excluding hydrogens is 384 g/mol. The topological polar surface area (TPSA) is 108 Å². The molecule has 8 nitrogen and oxygen atoms in total. The number of hydrogen-bond acceptors (Lipinski definition) is 7. The van der Waals surface area contributed by atoms with E-state index in [0.29, 0.717) is 22.9 Å². The number of ether oxygens (including phenoxy) is 2.